The quantitative estimate of drug-likeness (QED) is 0.506. The second-order valence-electron chi connectivity index (χ2n) is 7.65. The summed E-state index contributed by atoms with van der Waals surface area (Å²) in [5, 5.41) is 9.56. The van der Waals surface area contributed by atoms with Gasteiger partial charge in [-0.25, -0.2) is 9.37 Å². The van der Waals surface area contributed by atoms with Gasteiger partial charge >= 0.3 is 0 Å². The van der Waals surface area contributed by atoms with Crippen molar-refractivity contribution in [1.82, 2.24) is 20.6 Å². The average molecular weight is 435 g/mol. The molecule has 1 aliphatic rings. The Bertz CT molecular complexity index is 1040. The van der Waals surface area contributed by atoms with Crippen LogP contribution in [0.15, 0.2) is 60.9 Å². The Morgan fingerprint density at radius 2 is 1.94 bits per heavy atom. The minimum atomic E-state index is -0.253. The maximum Gasteiger partial charge on any atom is 0.255 e. The van der Waals surface area contributed by atoms with Crippen LogP contribution in [0.25, 0.3) is 0 Å². The molecule has 1 aliphatic heterocycles. The number of amides is 1. The van der Waals surface area contributed by atoms with E-state index in [-0.39, 0.29) is 11.7 Å². The summed E-state index contributed by atoms with van der Waals surface area (Å²) in [6, 6.07) is 14.0. The zero-order valence-corrected chi connectivity index (χ0v) is 17.9. The lowest BCUT2D eigenvalue weighted by Crippen LogP contribution is -2.44. The fraction of sp³-hybridized carbons (Fsp3) is 0.292. The molecule has 3 N–H and O–H groups in total. The predicted molar refractivity (Wildman–Crippen MR) is 123 cm³/mol. The van der Waals surface area contributed by atoms with E-state index in [4.69, 9.17) is 4.98 Å². The Labute approximate surface area is 187 Å². The van der Waals surface area contributed by atoms with Crippen molar-refractivity contribution in [2.24, 2.45) is 0 Å². The van der Waals surface area contributed by atoms with Gasteiger partial charge in [-0.1, -0.05) is 18.2 Å². The molecule has 4 rings (SSSR count). The number of pyridine rings is 2. The number of nitrogens with one attached hydrogen (secondary N) is 3. The smallest absolute Gasteiger partial charge is 0.255 e. The SMILES string of the molecule is O=C(NCc1cccnc1)c1ccc(N2CCNCC2)nc1NCCc1cccc(F)c1. The van der Waals surface area contributed by atoms with E-state index < -0.39 is 0 Å². The highest BCUT2D eigenvalue weighted by molar-refractivity contribution is 5.99. The van der Waals surface area contributed by atoms with Crippen molar-refractivity contribution in [2.75, 3.05) is 42.9 Å². The Balaban J connectivity index is 1.48. The molecule has 0 aliphatic carbocycles. The Hall–Kier alpha value is -3.52. The van der Waals surface area contributed by atoms with Crippen LogP contribution in [0.5, 0.6) is 0 Å². The zero-order chi connectivity index (χ0) is 22.2. The highest BCUT2D eigenvalue weighted by Crippen LogP contribution is 2.20. The van der Waals surface area contributed by atoms with Gasteiger partial charge in [0.15, 0.2) is 0 Å². The van der Waals surface area contributed by atoms with Crippen molar-refractivity contribution < 1.29 is 9.18 Å². The number of anilines is 2. The van der Waals surface area contributed by atoms with Gasteiger partial charge < -0.3 is 20.9 Å². The first-order valence-corrected chi connectivity index (χ1v) is 10.8. The van der Waals surface area contributed by atoms with E-state index in [1.54, 1.807) is 18.5 Å². The van der Waals surface area contributed by atoms with E-state index in [1.807, 2.05) is 30.3 Å². The molecule has 2 aromatic heterocycles. The van der Waals surface area contributed by atoms with Crippen LogP contribution in [0.4, 0.5) is 16.0 Å². The Morgan fingerprint density at radius 1 is 1.09 bits per heavy atom. The summed E-state index contributed by atoms with van der Waals surface area (Å²) in [6.45, 7) is 4.44. The number of nitrogens with zero attached hydrogens (tertiary/aromatic N) is 3. The van der Waals surface area contributed by atoms with Crippen molar-refractivity contribution >= 4 is 17.5 Å². The lowest BCUT2D eigenvalue weighted by molar-refractivity contribution is 0.0951. The van der Waals surface area contributed by atoms with Gasteiger partial charge in [-0.05, 0) is 47.9 Å². The molecule has 0 radical (unpaired) electrons. The summed E-state index contributed by atoms with van der Waals surface area (Å²) in [5.41, 5.74) is 2.29. The van der Waals surface area contributed by atoms with E-state index in [2.05, 4.69) is 25.8 Å². The normalized spacial score (nSPS) is 13.6. The second-order valence-corrected chi connectivity index (χ2v) is 7.65. The molecule has 3 heterocycles. The maximum absolute atomic E-state index is 13.5. The Kier molecular flexibility index (Phi) is 7.24. The van der Waals surface area contributed by atoms with Crippen LogP contribution in [-0.4, -0.2) is 48.6 Å². The van der Waals surface area contributed by atoms with Crippen LogP contribution in [0, 0.1) is 5.82 Å². The van der Waals surface area contributed by atoms with Crippen molar-refractivity contribution in [3.63, 3.8) is 0 Å². The number of benzene rings is 1. The van der Waals surface area contributed by atoms with Crippen LogP contribution >= 0.6 is 0 Å². The summed E-state index contributed by atoms with van der Waals surface area (Å²) < 4.78 is 13.5. The first kappa shape index (κ1) is 21.7. The van der Waals surface area contributed by atoms with Crippen molar-refractivity contribution in [3.05, 3.63) is 83.4 Å². The molecular weight excluding hydrogens is 407 g/mol. The van der Waals surface area contributed by atoms with Crippen molar-refractivity contribution in [3.8, 4) is 0 Å². The van der Waals surface area contributed by atoms with E-state index in [1.165, 1.54) is 12.1 Å². The molecule has 1 fully saturated rings. The minimum Gasteiger partial charge on any atom is -0.369 e. The van der Waals surface area contributed by atoms with Gasteiger partial charge in [0.1, 0.15) is 17.5 Å². The number of rotatable bonds is 8. The number of hydrogen-bond donors (Lipinski definition) is 3. The minimum absolute atomic E-state index is 0.207. The van der Waals surface area contributed by atoms with E-state index in [0.29, 0.717) is 30.9 Å². The van der Waals surface area contributed by atoms with Crippen LogP contribution < -0.4 is 20.9 Å². The predicted octanol–water partition coefficient (Wildman–Crippen LogP) is 2.61. The number of carbonyl (C=O) groups is 1. The highest BCUT2D eigenvalue weighted by atomic mass is 19.1. The molecule has 0 unspecified atom stereocenters. The van der Waals surface area contributed by atoms with Crippen LogP contribution in [-0.2, 0) is 13.0 Å². The third-order valence-corrected chi connectivity index (χ3v) is 5.34. The maximum atomic E-state index is 13.5. The van der Waals surface area contributed by atoms with Gasteiger partial charge in [-0.3, -0.25) is 9.78 Å². The first-order chi connectivity index (χ1) is 15.7. The number of hydrogen-bond acceptors (Lipinski definition) is 6. The molecule has 0 bridgehead atoms. The molecule has 166 valence electrons. The molecular formula is C24H27FN6O. The zero-order valence-electron chi connectivity index (χ0n) is 17.9. The van der Waals surface area contributed by atoms with Gasteiger partial charge in [-0.2, -0.15) is 0 Å². The van der Waals surface area contributed by atoms with Gasteiger partial charge in [-0.15, -0.1) is 0 Å². The highest BCUT2D eigenvalue weighted by Gasteiger charge is 2.17. The summed E-state index contributed by atoms with van der Waals surface area (Å²) in [4.78, 5) is 24.0. The van der Waals surface area contributed by atoms with Gasteiger partial charge in [0.25, 0.3) is 5.91 Å². The number of aromatic nitrogens is 2. The molecule has 1 saturated heterocycles. The largest absolute Gasteiger partial charge is 0.369 e. The lowest BCUT2D eigenvalue weighted by Gasteiger charge is -2.29. The van der Waals surface area contributed by atoms with Crippen molar-refractivity contribution in [2.45, 2.75) is 13.0 Å². The van der Waals surface area contributed by atoms with Gasteiger partial charge in [0.05, 0.1) is 5.56 Å². The standard InChI is InChI=1S/C24H27FN6O/c25-20-5-1-3-18(15-20)8-10-28-23-21(24(32)29-17-19-4-2-9-27-16-19)6-7-22(30-23)31-13-11-26-12-14-31/h1-7,9,15-16,26H,8,10-14,17H2,(H,28,30)(H,29,32). The molecule has 7 nitrogen and oxygen atoms in total. The van der Waals surface area contributed by atoms with Gasteiger partial charge in [0.2, 0.25) is 0 Å². The summed E-state index contributed by atoms with van der Waals surface area (Å²) >= 11 is 0. The van der Waals surface area contributed by atoms with E-state index in [0.717, 1.165) is 43.1 Å². The molecule has 32 heavy (non-hydrogen) atoms. The average Bonchev–Trinajstić information content (AvgIpc) is 2.84. The third-order valence-electron chi connectivity index (χ3n) is 5.34. The Morgan fingerprint density at radius 3 is 2.72 bits per heavy atom. The number of halogens is 1. The van der Waals surface area contributed by atoms with E-state index >= 15 is 0 Å². The van der Waals surface area contributed by atoms with Crippen LogP contribution in [0.3, 0.4) is 0 Å². The van der Waals surface area contributed by atoms with Gasteiger partial charge in [0, 0.05) is 51.7 Å². The number of piperazine rings is 1. The molecule has 0 atom stereocenters. The molecule has 0 spiro atoms. The number of carbonyl (C=O) groups excluding carboxylic acids is 1. The lowest BCUT2D eigenvalue weighted by atomic mass is 10.1. The summed E-state index contributed by atoms with van der Waals surface area (Å²) in [5.74, 6) is 0.906. The monoisotopic (exact) mass is 434 g/mol. The summed E-state index contributed by atoms with van der Waals surface area (Å²) in [6.07, 6.45) is 4.04. The topological polar surface area (TPSA) is 82.2 Å². The summed E-state index contributed by atoms with van der Waals surface area (Å²) in [7, 11) is 0. The molecule has 1 amide bonds. The van der Waals surface area contributed by atoms with Crippen LogP contribution in [0.1, 0.15) is 21.5 Å². The third kappa shape index (κ3) is 5.79. The molecule has 0 saturated carbocycles. The fourth-order valence-corrected chi connectivity index (χ4v) is 3.63. The molecule has 1 aromatic carbocycles. The fourth-order valence-electron chi connectivity index (χ4n) is 3.63. The second kappa shape index (κ2) is 10.7. The first-order valence-electron chi connectivity index (χ1n) is 10.8. The van der Waals surface area contributed by atoms with E-state index in [9.17, 15) is 9.18 Å². The van der Waals surface area contributed by atoms with Crippen LogP contribution in [0.2, 0.25) is 0 Å². The molecule has 8 heteroatoms. The van der Waals surface area contributed by atoms with Crippen molar-refractivity contribution in [1.29, 1.82) is 0 Å². The molecule has 3 aromatic rings.